The fraction of sp³-hybridized carbons (Fsp3) is 0. The molecule has 0 aromatic heterocycles. The molecule has 21 heavy (non-hydrogen) atoms. The van der Waals surface area contributed by atoms with Crippen LogP contribution in [0.1, 0.15) is 15.9 Å². The number of hydrogen-bond donors (Lipinski definition) is 3. The Morgan fingerprint density at radius 3 is 2.38 bits per heavy atom. The van der Waals surface area contributed by atoms with Gasteiger partial charge in [-0.2, -0.15) is 5.10 Å². The number of carboxylic acids is 1. The Labute approximate surface area is 127 Å². The van der Waals surface area contributed by atoms with Crippen molar-refractivity contribution in [1.82, 2.24) is 5.43 Å². The van der Waals surface area contributed by atoms with E-state index in [0.29, 0.717) is 5.11 Å². The van der Waals surface area contributed by atoms with Crippen molar-refractivity contribution in [3.8, 4) is 0 Å². The number of aromatic carboxylic acids is 1. The van der Waals surface area contributed by atoms with Crippen LogP contribution in [0.25, 0.3) is 0 Å². The molecule has 5 nitrogen and oxygen atoms in total. The summed E-state index contributed by atoms with van der Waals surface area (Å²) in [5, 5.41) is 16.1. The number of nitrogens with zero attached hydrogens (tertiary/aromatic N) is 1. The van der Waals surface area contributed by atoms with Crippen molar-refractivity contribution in [2.24, 2.45) is 5.10 Å². The van der Waals surface area contributed by atoms with Crippen molar-refractivity contribution < 1.29 is 9.90 Å². The SMILES string of the molecule is O=C(O)c1ccc(/C=N\NC(=S)Nc2ccccc2)cc1. The highest BCUT2D eigenvalue weighted by Crippen LogP contribution is 2.04. The topological polar surface area (TPSA) is 73.7 Å². The van der Waals surface area contributed by atoms with Gasteiger partial charge in [0.15, 0.2) is 5.11 Å². The third-order valence-corrected chi connectivity index (χ3v) is 2.76. The van der Waals surface area contributed by atoms with Crippen LogP contribution in [-0.2, 0) is 0 Å². The predicted molar refractivity (Wildman–Crippen MR) is 86.8 cm³/mol. The van der Waals surface area contributed by atoms with E-state index in [1.54, 1.807) is 18.3 Å². The van der Waals surface area contributed by atoms with Crippen molar-refractivity contribution in [3.63, 3.8) is 0 Å². The maximum atomic E-state index is 10.7. The van der Waals surface area contributed by atoms with Crippen LogP contribution in [0.5, 0.6) is 0 Å². The Bertz CT molecular complexity index is 654. The lowest BCUT2D eigenvalue weighted by Crippen LogP contribution is -2.23. The quantitative estimate of drug-likeness (QED) is 0.460. The Morgan fingerprint density at radius 1 is 1.10 bits per heavy atom. The summed E-state index contributed by atoms with van der Waals surface area (Å²) >= 11 is 5.09. The molecule has 2 aromatic carbocycles. The number of para-hydroxylation sites is 1. The Hall–Kier alpha value is -2.73. The van der Waals surface area contributed by atoms with Crippen LogP contribution in [0.3, 0.4) is 0 Å². The number of carboxylic acid groups (broad SMARTS) is 1. The molecule has 0 unspecified atom stereocenters. The summed E-state index contributed by atoms with van der Waals surface area (Å²) in [6.45, 7) is 0. The van der Waals surface area contributed by atoms with Gasteiger partial charge in [0.05, 0.1) is 11.8 Å². The van der Waals surface area contributed by atoms with Gasteiger partial charge >= 0.3 is 5.97 Å². The molecule has 0 amide bonds. The van der Waals surface area contributed by atoms with E-state index in [1.807, 2.05) is 30.3 Å². The molecule has 0 aliphatic rings. The maximum absolute atomic E-state index is 10.7. The summed E-state index contributed by atoms with van der Waals surface area (Å²) in [4.78, 5) is 10.7. The van der Waals surface area contributed by atoms with Gasteiger partial charge in [0.25, 0.3) is 0 Å². The van der Waals surface area contributed by atoms with Crippen molar-refractivity contribution in [1.29, 1.82) is 0 Å². The van der Waals surface area contributed by atoms with Crippen LogP contribution in [0.2, 0.25) is 0 Å². The molecule has 2 aromatic rings. The molecule has 3 N–H and O–H groups in total. The second-order valence-corrected chi connectivity index (χ2v) is 4.53. The fourth-order valence-electron chi connectivity index (χ4n) is 1.56. The second kappa shape index (κ2) is 7.16. The van der Waals surface area contributed by atoms with Crippen molar-refractivity contribution in [2.75, 3.05) is 5.32 Å². The number of nitrogens with one attached hydrogen (secondary N) is 2. The third kappa shape index (κ3) is 4.70. The van der Waals surface area contributed by atoms with Crippen molar-refractivity contribution >= 4 is 35.2 Å². The van der Waals surface area contributed by atoms with Crippen LogP contribution in [-0.4, -0.2) is 22.4 Å². The van der Waals surface area contributed by atoms with Crippen LogP contribution in [0.4, 0.5) is 5.69 Å². The first-order valence-electron chi connectivity index (χ1n) is 6.13. The Kier molecular flexibility index (Phi) is 5.00. The summed E-state index contributed by atoms with van der Waals surface area (Å²) in [5.74, 6) is -0.954. The standard InChI is InChI=1S/C15H13N3O2S/c19-14(20)12-8-6-11(7-9-12)10-16-18-15(21)17-13-4-2-1-3-5-13/h1-10H,(H,19,20)(H2,17,18,21)/b16-10-. The van der Waals surface area contributed by atoms with Gasteiger partial charge in [-0.15, -0.1) is 0 Å². The molecule has 6 heteroatoms. The average Bonchev–Trinajstić information content (AvgIpc) is 2.49. The monoisotopic (exact) mass is 299 g/mol. The van der Waals surface area contributed by atoms with Crippen molar-refractivity contribution in [3.05, 3.63) is 65.7 Å². The number of benzene rings is 2. The maximum Gasteiger partial charge on any atom is 0.335 e. The van der Waals surface area contributed by atoms with Gasteiger partial charge < -0.3 is 10.4 Å². The smallest absolute Gasteiger partial charge is 0.335 e. The largest absolute Gasteiger partial charge is 0.478 e. The van der Waals surface area contributed by atoms with Crippen LogP contribution >= 0.6 is 12.2 Å². The highest BCUT2D eigenvalue weighted by atomic mass is 32.1. The molecular formula is C15H13N3O2S. The van der Waals surface area contributed by atoms with E-state index in [-0.39, 0.29) is 5.56 Å². The molecule has 0 spiro atoms. The van der Waals surface area contributed by atoms with E-state index in [4.69, 9.17) is 17.3 Å². The number of rotatable bonds is 4. The van der Waals surface area contributed by atoms with Gasteiger partial charge in [-0.25, -0.2) is 4.79 Å². The highest BCUT2D eigenvalue weighted by molar-refractivity contribution is 7.80. The number of hydrazone groups is 1. The summed E-state index contributed by atoms with van der Waals surface area (Å²) in [7, 11) is 0. The zero-order valence-corrected chi connectivity index (χ0v) is 11.8. The molecule has 0 atom stereocenters. The van der Waals surface area contributed by atoms with E-state index >= 15 is 0 Å². The van der Waals surface area contributed by atoms with E-state index in [2.05, 4.69) is 15.8 Å². The van der Waals surface area contributed by atoms with Gasteiger partial charge in [0.2, 0.25) is 0 Å². The summed E-state index contributed by atoms with van der Waals surface area (Å²) in [5.41, 5.74) is 4.57. The molecule has 0 heterocycles. The number of carbonyl (C=O) groups is 1. The van der Waals surface area contributed by atoms with Gasteiger partial charge in [-0.3, -0.25) is 5.43 Å². The number of thiocarbonyl (C=S) groups is 1. The minimum absolute atomic E-state index is 0.237. The lowest BCUT2D eigenvalue weighted by atomic mass is 10.1. The molecule has 106 valence electrons. The Morgan fingerprint density at radius 2 is 1.76 bits per heavy atom. The van der Waals surface area contributed by atoms with E-state index in [0.717, 1.165) is 11.3 Å². The molecule has 0 fully saturated rings. The van der Waals surface area contributed by atoms with Gasteiger partial charge in [0, 0.05) is 5.69 Å². The molecule has 0 aliphatic carbocycles. The van der Waals surface area contributed by atoms with Crippen molar-refractivity contribution in [2.45, 2.75) is 0 Å². The van der Waals surface area contributed by atoms with Crippen LogP contribution in [0.15, 0.2) is 59.7 Å². The van der Waals surface area contributed by atoms with Gasteiger partial charge in [-0.05, 0) is 42.0 Å². The summed E-state index contributed by atoms with van der Waals surface area (Å²) in [6, 6.07) is 15.9. The van der Waals surface area contributed by atoms with Gasteiger partial charge in [0.1, 0.15) is 0 Å². The minimum Gasteiger partial charge on any atom is -0.478 e. The molecule has 0 saturated heterocycles. The lowest BCUT2D eigenvalue weighted by molar-refractivity contribution is 0.0697. The van der Waals surface area contributed by atoms with E-state index < -0.39 is 5.97 Å². The lowest BCUT2D eigenvalue weighted by Gasteiger charge is -2.06. The normalized spacial score (nSPS) is 10.3. The number of hydrogen-bond acceptors (Lipinski definition) is 3. The van der Waals surface area contributed by atoms with Crippen LogP contribution < -0.4 is 10.7 Å². The van der Waals surface area contributed by atoms with E-state index in [9.17, 15) is 4.79 Å². The summed E-state index contributed by atoms with van der Waals surface area (Å²) < 4.78 is 0. The average molecular weight is 299 g/mol. The first-order valence-corrected chi connectivity index (χ1v) is 6.54. The first kappa shape index (κ1) is 14.7. The molecular weight excluding hydrogens is 286 g/mol. The van der Waals surface area contributed by atoms with Gasteiger partial charge in [-0.1, -0.05) is 30.3 Å². The number of anilines is 1. The minimum atomic E-state index is -0.954. The van der Waals surface area contributed by atoms with Crippen LogP contribution in [0, 0.1) is 0 Å². The molecule has 2 rings (SSSR count). The molecule has 0 radical (unpaired) electrons. The van der Waals surface area contributed by atoms with E-state index in [1.165, 1.54) is 12.1 Å². The fourth-order valence-corrected chi connectivity index (χ4v) is 1.73. The molecule has 0 saturated carbocycles. The zero-order chi connectivity index (χ0) is 15.1. The first-order chi connectivity index (χ1) is 10.1. The second-order valence-electron chi connectivity index (χ2n) is 4.12. The summed E-state index contributed by atoms with van der Waals surface area (Å²) in [6.07, 6.45) is 1.56. The molecule has 0 aliphatic heterocycles. The predicted octanol–water partition coefficient (Wildman–Crippen LogP) is 2.71. The Balaban J connectivity index is 1.87. The third-order valence-electron chi connectivity index (χ3n) is 2.57. The highest BCUT2D eigenvalue weighted by Gasteiger charge is 2.00. The zero-order valence-electron chi connectivity index (χ0n) is 11.0. The molecule has 0 bridgehead atoms.